The quantitative estimate of drug-likeness (QED) is 0.328. The van der Waals surface area contributed by atoms with E-state index in [-0.39, 0.29) is 36.0 Å². The second-order valence-corrected chi connectivity index (χ2v) is 8.48. The molecule has 9 heteroatoms. The van der Waals surface area contributed by atoms with Crippen LogP contribution in [-0.4, -0.2) is 84.1 Å². The van der Waals surface area contributed by atoms with E-state index in [0.717, 1.165) is 51.5 Å². The van der Waals surface area contributed by atoms with Crippen molar-refractivity contribution in [2.24, 2.45) is 4.99 Å². The third-order valence-electron chi connectivity index (χ3n) is 6.25. The summed E-state index contributed by atoms with van der Waals surface area (Å²) in [6.45, 7) is 6.30. The Morgan fingerprint density at radius 1 is 1.03 bits per heavy atom. The topological polar surface area (TPSA) is 84.5 Å². The fourth-order valence-corrected chi connectivity index (χ4v) is 4.29. The van der Waals surface area contributed by atoms with Gasteiger partial charge in [0.25, 0.3) is 5.91 Å². The molecule has 0 saturated carbocycles. The number of likely N-dealkylation sites (tertiary alicyclic amines) is 1. The Morgan fingerprint density at radius 3 is 2.27 bits per heavy atom. The summed E-state index contributed by atoms with van der Waals surface area (Å²) >= 11 is 0. The summed E-state index contributed by atoms with van der Waals surface area (Å²) in [6.07, 6.45) is 3.13. The predicted molar refractivity (Wildman–Crippen MR) is 139 cm³/mol. The lowest BCUT2D eigenvalue weighted by atomic mass is 10.1. The van der Waals surface area contributed by atoms with Crippen molar-refractivity contribution in [3.8, 4) is 0 Å². The third kappa shape index (κ3) is 6.94. The summed E-state index contributed by atoms with van der Waals surface area (Å²) in [6, 6.07) is 12.1. The van der Waals surface area contributed by atoms with Crippen LogP contribution in [0.1, 0.15) is 34.5 Å². The number of carbonyl (C=O) groups is 1. The Balaban J connectivity index is 0.00000306. The lowest BCUT2D eigenvalue weighted by Gasteiger charge is -2.36. The molecule has 0 atom stereocenters. The van der Waals surface area contributed by atoms with Gasteiger partial charge in [0.1, 0.15) is 0 Å². The van der Waals surface area contributed by atoms with Crippen LogP contribution >= 0.6 is 24.0 Å². The SMILES string of the molecule is CN=C(NCc1ccc(CN2CCC(O)CC2)cc1)N1CCN(C(=O)c2ccco2)CC1.I. The Bertz CT molecular complexity index is 887. The number of piperazine rings is 1. The van der Waals surface area contributed by atoms with Crippen molar-refractivity contribution in [3.05, 3.63) is 59.5 Å². The number of hydrogen-bond donors (Lipinski definition) is 2. The van der Waals surface area contributed by atoms with Gasteiger partial charge in [0.15, 0.2) is 11.7 Å². The number of aliphatic imine (C=N–C) groups is 1. The number of rotatable bonds is 5. The molecule has 0 unspecified atom stereocenters. The molecule has 0 bridgehead atoms. The molecule has 2 N–H and O–H groups in total. The van der Waals surface area contributed by atoms with Crippen molar-refractivity contribution in [2.75, 3.05) is 46.3 Å². The molecule has 1 aromatic heterocycles. The van der Waals surface area contributed by atoms with E-state index in [1.54, 1.807) is 19.2 Å². The van der Waals surface area contributed by atoms with Crippen LogP contribution in [0.25, 0.3) is 0 Å². The minimum Gasteiger partial charge on any atom is -0.459 e. The molecule has 2 aliphatic rings. The second kappa shape index (κ2) is 12.4. The molecule has 8 nitrogen and oxygen atoms in total. The zero-order valence-electron chi connectivity index (χ0n) is 19.2. The molecule has 0 spiro atoms. The number of hydrogen-bond acceptors (Lipinski definition) is 5. The monoisotopic (exact) mass is 567 g/mol. The van der Waals surface area contributed by atoms with Gasteiger partial charge in [0.05, 0.1) is 12.4 Å². The minimum atomic E-state index is -0.131. The van der Waals surface area contributed by atoms with Gasteiger partial charge in [-0.3, -0.25) is 14.7 Å². The number of halogens is 1. The molecular weight excluding hydrogens is 533 g/mol. The van der Waals surface area contributed by atoms with Crippen LogP contribution in [0.4, 0.5) is 0 Å². The average Bonchev–Trinajstić information content (AvgIpc) is 3.37. The average molecular weight is 567 g/mol. The molecule has 3 heterocycles. The summed E-state index contributed by atoms with van der Waals surface area (Å²) in [7, 11) is 1.79. The summed E-state index contributed by atoms with van der Waals surface area (Å²) in [5.41, 5.74) is 2.50. The van der Waals surface area contributed by atoms with Gasteiger partial charge >= 0.3 is 0 Å². The van der Waals surface area contributed by atoms with E-state index < -0.39 is 0 Å². The molecule has 4 rings (SSSR count). The van der Waals surface area contributed by atoms with Crippen molar-refractivity contribution in [2.45, 2.75) is 32.0 Å². The number of furan rings is 1. The number of amides is 1. The smallest absolute Gasteiger partial charge is 0.289 e. The van der Waals surface area contributed by atoms with Crippen molar-refractivity contribution in [1.29, 1.82) is 0 Å². The molecule has 2 saturated heterocycles. The van der Waals surface area contributed by atoms with Gasteiger partial charge in [-0.15, -0.1) is 24.0 Å². The van der Waals surface area contributed by atoms with E-state index in [9.17, 15) is 9.90 Å². The van der Waals surface area contributed by atoms with E-state index in [4.69, 9.17) is 4.42 Å². The molecule has 1 amide bonds. The standard InChI is InChI=1S/C24H33N5O3.HI/c1-25-24(29-14-12-28(13-15-29)23(31)22-3-2-16-32-22)26-17-19-4-6-20(7-5-19)18-27-10-8-21(30)9-11-27;/h2-7,16,21,30H,8-15,17-18H2,1H3,(H,25,26);1H. The van der Waals surface area contributed by atoms with Gasteiger partial charge in [0, 0.05) is 59.4 Å². The highest BCUT2D eigenvalue weighted by atomic mass is 127. The van der Waals surface area contributed by atoms with Gasteiger partial charge in [-0.25, -0.2) is 0 Å². The molecule has 33 heavy (non-hydrogen) atoms. The normalized spacial score (nSPS) is 18.2. The first-order valence-corrected chi connectivity index (χ1v) is 11.4. The first-order chi connectivity index (χ1) is 15.6. The van der Waals surface area contributed by atoms with Gasteiger partial charge in [0.2, 0.25) is 0 Å². The molecule has 2 aliphatic heterocycles. The van der Waals surface area contributed by atoms with Crippen molar-refractivity contribution >= 4 is 35.8 Å². The number of carbonyl (C=O) groups excluding carboxylic acids is 1. The van der Waals surface area contributed by atoms with Crippen LogP contribution in [0.15, 0.2) is 52.1 Å². The van der Waals surface area contributed by atoms with Crippen LogP contribution in [0, 0.1) is 0 Å². The highest BCUT2D eigenvalue weighted by Crippen LogP contribution is 2.15. The van der Waals surface area contributed by atoms with E-state index in [1.807, 2.05) is 4.90 Å². The first kappa shape index (κ1) is 25.5. The number of aliphatic hydroxyl groups is 1. The maximum absolute atomic E-state index is 12.4. The number of nitrogens with one attached hydrogen (secondary N) is 1. The number of aliphatic hydroxyl groups excluding tert-OH is 1. The number of guanidine groups is 1. The van der Waals surface area contributed by atoms with Gasteiger partial charge in [-0.05, 0) is 36.1 Å². The number of nitrogens with zero attached hydrogens (tertiary/aromatic N) is 4. The lowest BCUT2D eigenvalue weighted by Crippen LogP contribution is -2.53. The molecule has 1 aromatic carbocycles. The highest BCUT2D eigenvalue weighted by molar-refractivity contribution is 14.0. The largest absolute Gasteiger partial charge is 0.459 e. The fraction of sp³-hybridized carbons (Fsp3) is 0.500. The predicted octanol–water partition coefficient (Wildman–Crippen LogP) is 2.39. The van der Waals surface area contributed by atoms with E-state index in [1.165, 1.54) is 17.4 Å². The van der Waals surface area contributed by atoms with Crippen LogP contribution in [-0.2, 0) is 13.1 Å². The maximum atomic E-state index is 12.4. The van der Waals surface area contributed by atoms with Crippen molar-refractivity contribution in [3.63, 3.8) is 0 Å². The third-order valence-corrected chi connectivity index (χ3v) is 6.25. The molecule has 2 fully saturated rings. The van der Waals surface area contributed by atoms with Gasteiger partial charge < -0.3 is 24.6 Å². The Hall–Kier alpha value is -2.11. The second-order valence-electron chi connectivity index (χ2n) is 8.48. The van der Waals surface area contributed by atoms with Crippen LogP contribution in [0.3, 0.4) is 0 Å². The number of piperidine rings is 1. The van der Waals surface area contributed by atoms with Gasteiger partial charge in [-0.1, -0.05) is 24.3 Å². The lowest BCUT2D eigenvalue weighted by molar-refractivity contribution is 0.0657. The van der Waals surface area contributed by atoms with Crippen LogP contribution in [0.2, 0.25) is 0 Å². The van der Waals surface area contributed by atoms with Gasteiger partial charge in [-0.2, -0.15) is 0 Å². The molecule has 180 valence electrons. The number of benzene rings is 1. The zero-order valence-corrected chi connectivity index (χ0v) is 21.5. The maximum Gasteiger partial charge on any atom is 0.289 e. The summed E-state index contributed by atoms with van der Waals surface area (Å²) < 4.78 is 5.23. The Labute approximate surface area is 212 Å². The van der Waals surface area contributed by atoms with Crippen molar-refractivity contribution < 1.29 is 14.3 Å². The molecular formula is C24H34IN5O3. The molecule has 2 aromatic rings. The van der Waals surface area contributed by atoms with Crippen molar-refractivity contribution in [1.82, 2.24) is 20.0 Å². The fourth-order valence-electron chi connectivity index (χ4n) is 4.29. The van der Waals surface area contributed by atoms with E-state index in [0.29, 0.717) is 25.4 Å². The summed E-state index contributed by atoms with van der Waals surface area (Å²) in [5, 5.41) is 13.1. The minimum absolute atomic E-state index is 0. The zero-order chi connectivity index (χ0) is 22.3. The van der Waals surface area contributed by atoms with E-state index >= 15 is 0 Å². The molecule has 0 aliphatic carbocycles. The van der Waals surface area contributed by atoms with Crippen LogP contribution in [0.5, 0.6) is 0 Å². The van der Waals surface area contributed by atoms with Crippen LogP contribution < -0.4 is 5.32 Å². The van der Waals surface area contributed by atoms with E-state index in [2.05, 4.69) is 44.4 Å². The molecule has 0 radical (unpaired) electrons. The highest BCUT2D eigenvalue weighted by Gasteiger charge is 2.25. The Morgan fingerprint density at radius 2 is 1.67 bits per heavy atom. The summed E-state index contributed by atoms with van der Waals surface area (Å²) in [5.74, 6) is 1.19. The summed E-state index contributed by atoms with van der Waals surface area (Å²) in [4.78, 5) is 23.3. The Kier molecular flexibility index (Phi) is 9.57. The first-order valence-electron chi connectivity index (χ1n) is 11.4.